The first-order valence-corrected chi connectivity index (χ1v) is 8.78. The molecule has 116 valence electrons. The van der Waals surface area contributed by atoms with E-state index in [1.165, 1.54) is 0 Å². The number of amides is 1. The van der Waals surface area contributed by atoms with Gasteiger partial charge in [0.05, 0.1) is 4.90 Å². The van der Waals surface area contributed by atoms with Crippen LogP contribution in [0.5, 0.6) is 0 Å². The van der Waals surface area contributed by atoms with Gasteiger partial charge in [0.2, 0.25) is 0 Å². The highest BCUT2D eigenvalue weighted by Crippen LogP contribution is 2.19. The van der Waals surface area contributed by atoms with Crippen LogP contribution in [0.2, 0.25) is 0 Å². The summed E-state index contributed by atoms with van der Waals surface area (Å²) in [5, 5.41) is 2.68. The quantitative estimate of drug-likeness (QED) is 0.853. The zero-order valence-corrected chi connectivity index (χ0v) is 12.7. The lowest BCUT2D eigenvalue weighted by molar-refractivity contribution is 0.0642. The minimum absolute atomic E-state index is 0.0683. The van der Waals surface area contributed by atoms with Crippen molar-refractivity contribution in [3.8, 4) is 0 Å². The van der Waals surface area contributed by atoms with E-state index in [0.717, 1.165) is 31.0 Å². The minimum atomic E-state index is -4.08. The third-order valence-electron chi connectivity index (χ3n) is 3.31. The number of carbonyl (C=O) groups excluding carboxylic acids is 1. The van der Waals surface area contributed by atoms with Crippen molar-refractivity contribution in [2.24, 2.45) is 5.92 Å². The molecule has 1 N–H and O–H groups in total. The molecule has 8 heteroatoms. The van der Waals surface area contributed by atoms with Crippen LogP contribution < -0.4 is 5.32 Å². The van der Waals surface area contributed by atoms with E-state index >= 15 is 0 Å². The van der Waals surface area contributed by atoms with Gasteiger partial charge in [0.15, 0.2) is 0 Å². The Labute approximate surface area is 126 Å². The van der Waals surface area contributed by atoms with Gasteiger partial charge in [-0.15, -0.1) is 0 Å². The molecule has 0 saturated carbocycles. The zero-order chi connectivity index (χ0) is 15.5. The average molecular weight is 336 g/mol. The SMILES string of the molecule is O=C(NCC1CCOCC1)c1cc(F)cc(S(=O)(=O)Cl)c1. The van der Waals surface area contributed by atoms with Crippen molar-refractivity contribution in [1.29, 1.82) is 0 Å². The molecule has 2 rings (SSSR count). The number of hydrogen-bond acceptors (Lipinski definition) is 4. The van der Waals surface area contributed by atoms with Crippen LogP contribution in [0, 0.1) is 11.7 Å². The van der Waals surface area contributed by atoms with E-state index in [-0.39, 0.29) is 5.56 Å². The molecule has 0 aliphatic carbocycles. The van der Waals surface area contributed by atoms with E-state index in [2.05, 4.69) is 5.32 Å². The summed E-state index contributed by atoms with van der Waals surface area (Å²) in [6.45, 7) is 1.77. The first-order valence-electron chi connectivity index (χ1n) is 6.47. The predicted molar refractivity (Wildman–Crippen MR) is 75.3 cm³/mol. The molecule has 1 aromatic rings. The normalized spacial score (nSPS) is 16.7. The van der Waals surface area contributed by atoms with Crippen LogP contribution in [0.1, 0.15) is 23.2 Å². The number of carbonyl (C=O) groups is 1. The molecule has 1 saturated heterocycles. The lowest BCUT2D eigenvalue weighted by Crippen LogP contribution is -2.32. The Kier molecular flexibility index (Phi) is 5.18. The van der Waals surface area contributed by atoms with Crippen molar-refractivity contribution in [2.75, 3.05) is 19.8 Å². The summed E-state index contributed by atoms with van der Waals surface area (Å²) in [5.41, 5.74) is -0.0683. The molecule has 0 atom stereocenters. The van der Waals surface area contributed by atoms with Crippen LogP contribution in [0.25, 0.3) is 0 Å². The summed E-state index contributed by atoms with van der Waals surface area (Å²) >= 11 is 0. The Morgan fingerprint density at radius 3 is 2.62 bits per heavy atom. The second kappa shape index (κ2) is 6.72. The van der Waals surface area contributed by atoms with Gasteiger partial charge < -0.3 is 10.1 Å². The van der Waals surface area contributed by atoms with E-state index in [1.807, 2.05) is 0 Å². The predicted octanol–water partition coefficient (Wildman–Crippen LogP) is 1.91. The van der Waals surface area contributed by atoms with Gasteiger partial charge in [0, 0.05) is 36.0 Å². The fraction of sp³-hybridized carbons (Fsp3) is 0.462. The molecule has 1 amide bonds. The number of ether oxygens (including phenoxy) is 1. The molecular formula is C13H15ClFNO4S. The van der Waals surface area contributed by atoms with Gasteiger partial charge >= 0.3 is 0 Å². The van der Waals surface area contributed by atoms with Gasteiger partial charge in [-0.2, -0.15) is 0 Å². The van der Waals surface area contributed by atoms with Gasteiger partial charge in [-0.25, -0.2) is 12.8 Å². The molecular weight excluding hydrogens is 321 g/mol. The molecule has 5 nitrogen and oxygen atoms in total. The van der Waals surface area contributed by atoms with Gasteiger partial charge in [-0.05, 0) is 37.0 Å². The standard InChI is InChI=1S/C13H15ClFNO4S/c14-21(18,19)12-6-10(5-11(15)7-12)13(17)16-8-9-1-3-20-4-2-9/h5-7,9H,1-4,8H2,(H,16,17). The van der Waals surface area contributed by atoms with E-state index in [4.69, 9.17) is 15.4 Å². The van der Waals surface area contributed by atoms with Gasteiger partial charge in [0.25, 0.3) is 15.0 Å². The molecule has 1 aliphatic rings. The summed E-state index contributed by atoms with van der Waals surface area (Å²) in [5.74, 6) is -1.04. The Balaban J connectivity index is 2.06. The molecule has 21 heavy (non-hydrogen) atoms. The second-order valence-corrected chi connectivity index (χ2v) is 7.45. The van der Waals surface area contributed by atoms with Crippen molar-refractivity contribution >= 4 is 25.6 Å². The summed E-state index contributed by atoms with van der Waals surface area (Å²) in [6, 6.07) is 2.81. The fourth-order valence-corrected chi connectivity index (χ4v) is 2.91. The highest BCUT2D eigenvalue weighted by Gasteiger charge is 2.18. The summed E-state index contributed by atoms with van der Waals surface area (Å²) < 4.78 is 41.0. The van der Waals surface area contributed by atoms with Crippen LogP contribution >= 0.6 is 10.7 Å². The highest BCUT2D eigenvalue weighted by atomic mass is 35.7. The average Bonchev–Trinajstić information content (AvgIpc) is 2.44. The Morgan fingerprint density at radius 1 is 1.33 bits per heavy atom. The van der Waals surface area contributed by atoms with E-state index in [1.54, 1.807) is 0 Å². The monoisotopic (exact) mass is 335 g/mol. The van der Waals surface area contributed by atoms with E-state index < -0.39 is 25.7 Å². The van der Waals surface area contributed by atoms with Gasteiger partial charge in [0.1, 0.15) is 5.82 Å². The highest BCUT2D eigenvalue weighted by molar-refractivity contribution is 8.13. The first-order chi connectivity index (χ1) is 9.86. The fourth-order valence-electron chi connectivity index (χ4n) is 2.12. The Hall–Kier alpha value is -1.18. The topological polar surface area (TPSA) is 72.5 Å². The van der Waals surface area contributed by atoms with Crippen molar-refractivity contribution < 1.29 is 22.3 Å². The third kappa shape index (κ3) is 4.66. The van der Waals surface area contributed by atoms with Crippen molar-refractivity contribution in [3.05, 3.63) is 29.6 Å². The molecule has 1 heterocycles. The maximum absolute atomic E-state index is 13.4. The molecule has 0 unspecified atom stereocenters. The van der Waals surface area contributed by atoms with Crippen molar-refractivity contribution in [1.82, 2.24) is 5.32 Å². The number of benzene rings is 1. The lowest BCUT2D eigenvalue weighted by Gasteiger charge is -2.22. The molecule has 1 aromatic carbocycles. The van der Waals surface area contributed by atoms with Crippen LogP contribution in [0.3, 0.4) is 0 Å². The van der Waals surface area contributed by atoms with Crippen molar-refractivity contribution in [2.45, 2.75) is 17.7 Å². The molecule has 0 aromatic heterocycles. The second-order valence-electron chi connectivity index (χ2n) is 4.88. The Bertz CT molecular complexity index is 629. The summed E-state index contributed by atoms with van der Waals surface area (Å²) in [6.07, 6.45) is 1.70. The smallest absolute Gasteiger partial charge is 0.261 e. The molecule has 0 spiro atoms. The van der Waals surface area contributed by atoms with Crippen LogP contribution in [0.15, 0.2) is 23.1 Å². The van der Waals surface area contributed by atoms with Crippen LogP contribution in [0.4, 0.5) is 4.39 Å². The largest absolute Gasteiger partial charge is 0.381 e. The third-order valence-corrected chi connectivity index (χ3v) is 4.64. The van der Waals surface area contributed by atoms with Gasteiger partial charge in [-0.1, -0.05) is 0 Å². The van der Waals surface area contributed by atoms with Gasteiger partial charge in [-0.3, -0.25) is 4.79 Å². The molecule has 1 fully saturated rings. The molecule has 0 radical (unpaired) electrons. The van der Waals surface area contributed by atoms with Crippen LogP contribution in [-0.4, -0.2) is 34.1 Å². The maximum Gasteiger partial charge on any atom is 0.261 e. The van der Waals surface area contributed by atoms with E-state index in [0.29, 0.717) is 25.7 Å². The lowest BCUT2D eigenvalue weighted by atomic mass is 10.0. The van der Waals surface area contributed by atoms with Crippen LogP contribution in [-0.2, 0) is 13.8 Å². The molecule has 0 bridgehead atoms. The number of nitrogens with one attached hydrogen (secondary N) is 1. The first kappa shape index (κ1) is 16.2. The molecule has 1 aliphatic heterocycles. The number of halogens is 2. The zero-order valence-electron chi connectivity index (χ0n) is 11.1. The maximum atomic E-state index is 13.4. The van der Waals surface area contributed by atoms with Crippen molar-refractivity contribution in [3.63, 3.8) is 0 Å². The minimum Gasteiger partial charge on any atom is -0.381 e. The number of rotatable bonds is 4. The number of hydrogen-bond donors (Lipinski definition) is 1. The van der Waals surface area contributed by atoms with E-state index in [9.17, 15) is 17.6 Å². The summed E-state index contributed by atoms with van der Waals surface area (Å²) in [7, 11) is 1.08. The summed E-state index contributed by atoms with van der Waals surface area (Å²) in [4.78, 5) is 11.5. The Morgan fingerprint density at radius 2 is 2.00 bits per heavy atom.